The van der Waals surface area contributed by atoms with Crippen LogP contribution >= 0.6 is 11.8 Å². The molecule has 0 aliphatic carbocycles. The van der Waals surface area contributed by atoms with Crippen molar-refractivity contribution in [2.75, 3.05) is 45.2 Å². The van der Waals surface area contributed by atoms with Crippen molar-refractivity contribution in [3.8, 4) is 0 Å². The van der Waals surface area contributed by atoms with Crippen LogP contribution in [0.5, 0.6) is 0 Å². The SMILES string of the molecule is C=C1/C=C\C=C/CS/C(C(=O)N2CCN(C/N=C\N=C(CC)OCC(C)C)CC2)=C\1. The van der Waals surface area contributed by atoms with Crippen molar-refractivity contribution in [2.45, 2.75) is 27.2 Å². The topological polar surface area (TPSA) is 57.5 Å². The van der Waals surface area contributed by atoms with Crippen molar-refractivity contribution >= 4 is 29.9 Å². The summed E-state index contributed by atoms with van der Waals surface area (Å²) in [6.07, 6.45) is 12.1. The van der Waals surface area contributed by atoms with E-state index in [0.29, 0.717) is 32.3 Å². The second kappa shape index (κ2) is 13.2. The smallest absolute Gasteiger partial charge is 0.260 e. The molecule has 0 bridgehead atoms. The van der Waals surface area contributed by atoms with E-state index in [2.05, 4.69) is 41.4 Å². The quantitative estimate of drug-likeness (QED) is 0.454. The Morgan fingerprint density at radius 2 is 2.07 bits per heavy atom. The fourth-order valence-corrected chi connectivity index (χ4v) is 3.71. The Balaban J connectivity index is 1.80. The highest BCUT2D eigenvalue weighted by molar-refractivity contribution is 8.04. The van der Waals surface area contributed by atoms with Crippen molar-refractivity contribution in [3.63, 3.8) is 0 Å². The molecule has 1 amide bonds. The molecule has 2 aliphatic heterocycles. The number of nitrogens with zero attached hydrogens (tertiary/aromatic N) is 4. The summed E-state index contributed by atoms with van der Waals surface area (Å²) < 4.78 is 5.65. The largest absolute Gasteiger partial charge is 0.480 e. The van der Waals surface area contributed by atoms with Crippen LogP contribution in [0.4, 0.5) is 0 Å². The number of carbonyl (C=O) groups is 1. The van der Waals surface area contributed by atoms with E-state index < -0.39 is 0 Å². The molecule has 0 saturated carbocycles. The Kier molecular flexibility index (Phi) is 10.7. The van der Waals surface area contributed by atoms with Gasteiger partial charge in [0, 0.05) is 38.4 Å². The van der Waals surface area contributed by atoms with Crippen molar-refractivity contribution in [1.29, 1.82) is 0 Å². The number of carbonyl (C=O) groups excluding carboxylic acids is 1. The highest BCUT2D eigenvalue weighted by Gasteiger charge is 2.23. The Hall–Kier alpha value is -2.12. The van der Waals surface area contributed by atoms with Crippen LogP contribution in [-0.2, 0) is 9.53 Å². The van der Waals surface area contributed by atoms with Crippen LogP contribution in [0.1, 0.15) is 27.2 Å². The number of hydrogen-bond acceptors (Lipinski definition) is 5. The summed E-state index contributed by atoms with van der Waals surface area (Å²) >= 11 is 1.56. The van der Waals surface area contributed by atoms with E-state index in [1.54, 1.807) is 18.1 Å². The van der Waals surface area contributed by atoms with Gasteiger partial charge in [-0.15, -0.1) is 11.8 Å². The van der Waals surface area contributed by atoms with E-state index in [-0.39, 0.29) is 5.91 Å². The average molecular weight is 431 g/mol. The summed E-state index contributed by atoms with van der Waals surface area (Å²) in [6, 6.07) is 0. The first-order chi connectivity index (χ1) is 14.5. The monoisotopic (exact) mass is 430 g/mol. The maximum absolute atomic E-state index is 12.9. The zero-order valence-corrected chi connectivity index (χ0v) is 19.2. The molecule has 0 N–H and O–H groups in total. The number of piperazine rings is 1. The average Bonchev–Trinajstić information content (AvgIpc) is 2.85. The van der Waals surface area contributed by atoms with Gasteiger partial charge in [-0.1, -0.05) is 51.7 Å². The first-order valence-electron chi connectivity index (χ1n) is 10.6. The zero-order chi connectivity index (χ0) is 21.8. The molecule has 0 radical (unpaired) electrons. The molecule has 0 atom stereocenters. The van der Waals surface area contributed by atoms with E-state index in [0.717, 1.165) is 41.6 Å². The highest BCUT2D eigenvalue weighted by atomic mass is 32.2. The van der Waals surface area contributed by atoms with Crippen molar-refractivity contribution in [1.82, 2.24) is 9.80 Å². The fourth-order valence-electron chi connectivity index (χ4n) is 2.83. The van der Waals surface area contributed by atoms with Crippen LogP contribution in [0.25, 0.3) is 0 Å². The molecule has 2 aliphatic rings. The van der Waals surface area contributed by atoms with Gasteiger partial charge in [0.15, 0.2) is 5.90 Å². The third kappa shape index (κ3) is 8.71. The number of thioether (sulfide) groups is 1. The van der Waals surface area contributed by atoms with Crippen LogP contribution in [0.3, 0.4) is 0 Å². The number of rotatable bonds is 7. The summed E-state index contributed by atoms with van der Waals surface area (Å²) in [4.78, 5) is 26.5. The van der Waals surface area contributed by atoms with E-state index in [4.69, 9.17) is 4.74 Å². The molecule has 0 unspecified atom stereocenters. The van der Waals surface area contributed by atoms with Crippen molar-refractivity contribution in [2.24, 2.45) is 15.9 Å². The van der Waals surface area contributed by atoms with E-state index >= 15 is 0 Å². The lowest BCUT2D eigenvalue weighted by Crippen LogP contribution is -2.48. The van der Waals surface area contributed by atoms with Crippen molar-refractivity contribution in [3.05, 3.63) is 47.4 Å². The molecule has 2 heterocycles. The number of hydrogen-bond donors (Lipinski definition) is 0. The third-order valence-electron chi connectivity index (χ3n) is 4.53. The molecule has 0 aromatic carbocycles. The minimum Gasteiger partial charge on any atom is -0.480 e. The Bertz CT molecular complexity index is 729. The summed E-state index contributed by atoms with van der Waals surface area (Å²) in [7, 11) is 0. The Morgan fingerprint density at radius 3 is 2.77 bits per heavy atom. The zero-order valence-electron chi connectivity index (χ0n) is 18.4. The van der Waals surface area contributed by atoms with Gasteiger partial charge in [0.1, 0.15) is 6.34 Å². The third-order valence-corrected chi connectivity index (χ3v) is 5.49. The molecule has 0 spiro atoms. The first-order valence-corrected chi connectivity index (χ1v) is 11.5. The number of allylic oxidation sites excluding steroid dienone is 5. The standard InChI is InChI=1S/C23H34N4O2S/c1-5-22(29-16-19(2)3)25-17-24-18-26-10-12-27(13-11-26)23(28)21-15-20(4)9-7-6-8-14-30-21/h6-9,15,17,19H,4-5,10-14,16,18H2,1-3H3/b8-6-,9-7-,21-15-,24-17-,25-22?. The van der Waals surface area contributed by atoms with Gasteiger partial charge >= 0.3 is 0 Å². The van der Waals surface area contributed by atoms with Gasteiger partial charge in [0.05, 0.1) is 18.2 Å². The van der Waals surface area contributed by atoms with E-state index in [1.165, 1.54) is 0 Å². The normalized spacial score (nSPS) is 22.9. The molecule has 0 aromatic rings. The minimum atomic E-state index is 0.0903. The van der Waals surface area contributed by atoms with Gasteiger partial charge in [-0.2, -0.15) is 0 Å². The summed E-state index contributed by atoms with van der Waals surface area (Å²) in [5.74, 6) is 2.07. The van der Waals surface area contributed by atoms with Gasteiger partial charge in [-0.05, 0) is 17.6 Å². The maximum Gasteiger partial charge on any atom is 0.260 e. The first kappa shape index (κ1) is 24.2. The maximum atomic E-state index is 12.9. The minimum absolute atomic E-state index is 0.0903. The molecule has 0 aromatic heterocycles. The van der Waals surface area contributed by atoms with E-state index in [9.17, 15) is 4.79 Å². The highest BCUT2D eigenvalue weighted by Crippen LogP contribution is 2.22. The molecule has 30 heavy (non-hydrogen) atoms. The van der Waals surface area contributed by atoms with Crippen LogP contribution in [0, 0.1) is 5.92 Å². The molecular formula is C23H34N4O2S. The summed E-state index contributed by atoms with van der Waals surface area (Å²) in [5.41, 5.74) is 0.842. The lowest BCUT2D eigenvalue weighted by molar-refractivity contribution is -0.128. The Morgan fingerprint density at radius 1 is 1.30 bits per heavy atom. The van der Waals surface area contributed by atoms with Gasteiger partial charge in [-0.3, -0.25) is 14.7 Å². The Labute approximate surface area is 185 Å². The molecule has 6 nitrogen and oxygen atoms in total. The second-order valence-electron chi connectivity index (χ2n) is 7.61. The van der Waals surface area contributed by atoms with Crippen LogP contribution in [-0.4, -0.2) is 73.2 Å². The predicted octanol–water partition coefficient (Wildman–Crippen LogP) is 3.90. The molecule has 164 valence electrons. The van der Waals surface area contributed by atoms with Crippen LogP contribution in [0.15, 0.2) is 57.4 Å². The van der Waals surface area contributed by atoms with Crippen molar-refractivity contribution < 1.29 is 9.53 Å². The molecular weight excluding hydrogens is 396 g/mol. The van der Waals surface area contributed by atoms with Crippen LogP contribution in [0.2, 0.25) is 0 Å². The summed E-state index contributed by atoms with van der Waals surface area (Å²) in [6.45, 7) is 14.5. The number of aliphatic imine (C=N–C) groups is 2. The van der Waals surface area contributed by atoms with Gasteiger partial charge in [0.25, 0.3) is 5.91 Å². The number of ether oxygens (including phenoxy) is 1. The predicted molar refractivity (Wildman–Crippen MR) is 128 cm³/mol. The molecule has 1 fully saturated rings. The van der Waals surface area contributed by atoms with Gasteiger partial charge in [-0.25, -0.2) is 4.99 Å². The molecule has 7 heteroatoms. The van der Waals surface area contributed by atoms with Crippen LogP contribution < -0.4 is 0 Å². The van der Waals surface area contributed by atoms with Gasteiger partial charge < -0.3 is 9.64 Å². The van der Waals surface area contributed by atoms with E-state index in [1.807, 2.05) is 36.1 Å². The lowest BCUT2D eigenvalue weighted by Gasteiger charge is -2.34. The second-order valence-corrected chi connectivity index (χ2v) is 8.67. The molecule has 2 rings (SSSR count). The fraction of sp³-hybridized carbons (Fsp3) is 0.522. The van der Waals surface area contributed by atoms with Gasteiger partial charge in [0.2, 0.25) is 0 Å². The lowest BCUT2D eigenvalue weighted by atomic mass is 10.2. The number of amides is 1. The summed E-state index contributed by atoms with van der Waals surface area (Å²) in [5, 5.41) is 0. The molecule has 1 saturated heterocycles.